The normalized spacial score (nSPS) is 18.7. The van der Waals surface area contributed by atoms with Gasteiger partial charge in [0.2, 0.25) is 5.13 Å². The first-order valence-electron chi connectivity index (χ1n) is 4.86. The summed E-state index contributed by atoms with van der Waals surface area (Å²) < 4.78 is 4.10. The van der Waals surface area contributed by atoms with Crippen molar-refractivity contribution in [3.63, 3.8) is 0 Å². The van der Waals surface area contributed by atoms with E-state index in [2.05, 4.69) is 14.3 Å². The molecule has 0 saturated carbocycles. The highest BCUT2D eigenvalue weighted by Gasteiger charge is 2.35. The number of carboxylic acid groups (broad SMARTS) is 1. The Labute approximate surface area is 91.9 Å². The molecule has 2 heterocycles. The molecule has 1 atom stereocenters. The summed E-state index contributed by atoms with van der Waals surface area (Å²) >= 11 is 1.37. The molecule has 0 amide bonds. The minimum atomic E-state index is -0.715. The molecule has 0 aliphatic carbocycles. The van der Waals surface area contributed by atoms with Gasteiger partial charge >= 0.3 is 5.97 Å². The number of aliphatic carboxylic acids is 1. The SMILES string of the molecule is Cc1nsc(N2CC(C(C)C(=O)O)C2)n1. The van der Waals surface area contributed by atoms with E-state index in [9.17, 15) is 4.79 Å². The lowest BCUT2D eigenvalue weighted by Crippen LogP contribution is -2.51. The molecule has 1 saturated heterocycles. The van der Waals surface area contributed by atoms with Crippen molar-refractivity contribution < 1.29 is 9.90 Å². The Hall–Kier alpha value is -1.17. The Balaban J connectivity index is 1.91. The summed E-state index contributed by atoms with van der Waals surface area (Å²) in [4.78, 5) is 17.1. The molecule has 0 spiro atoms. The summed E-state index contributed by atoms with van der Waals surface area (Å²) in [6.45, 7) is 5.18. The van der Waals surface area contributed by atoms with Crippen LogP contribution in [0.4, 0.5) is 5.13 Å². The maximum absolute atomic E-state index is 10.7. The summed E-state index contributed by atoms with van der Waals surface area (Å²) in [6, 6.07) is 0. The number of hydrogen-bond donors (Lipinski definition) is 1. The first kappa shape index (κ1) is 10.4. The number of aromatic nitrogens is 2. The number of carbonyl (C=O) groups is 1. The number of rotatable bonds is 3. The zero-order chi connectivity index (χ0) is 11.0. The lowest BCUT2D eigenvalue weighted by atomic mass is 9.87. The lowest BCUT2D eigenvalue weighted by Gasteiger charge is -2.40. The molecule has 1 aromatic heterocycles. The molecule has 0 bridgehead atoms. The maximum Gasteiger partial charge on any atom is 0.306 e. The molecular weight excluding hydrogens is 214 g/mol. The van der Waals surface area contributed by atoms with Crippen LogP contribution >= 0.6 is 11.5 Å². The molecule has 1 aliphatic rings. The second-order valence-corrected chi connectivity index (χ2v) is 4.65. The molecule has 0 radical (unpaired) electrons. The number of nitrogens with zero attached hydrogens (tertiary/aromatic N) is 3. The fourth-order valence-corrected chi connectivity index (χ4v) is 2.29. The van der Waals surface area contributed by atoms with E-state index in [1.807, 2.05) is 6.92 Å². The molecule has 15 heavy (non-hydrogen) atoms. The summed E-state index contributed by atoms with van der Waals surface area (Å²) in [5, 5.41) is 9.74. The zero-order valence-corrected chi connectivity index (χ0v) is 9.49. The average molecular weight is 227 g/mol. The van der Waals surface area contributed by atoms with Gasteiger partial charge < -0.3 is 10.0 Å². The Kier molecular flexibility index (Phi) is 2.60. The van der Waals surface area contributed by atoms with E-state index in [1.54, 1.807) is 6.92 Å². The van der Waals surface area contributed by atoms with Crippen LogP contribution in [0.1, 0.15) is 12.7 Å². The highest BCUT2D eigenvalue weighted by Crippen LogP contribution is 2.30. The van der Waals surface area contributed by atoms with Gasteiger partial charge in [0.25, 0.3) is 0 Å². The summed E-state index contributed by atoms with van der Waals surface area (Å²) in [5.74, 6) is 0.0415. The van der Waals surface area contributed by atoms with Crippen molar-refractivity contribution >= 4 is 22.6 Å². The quantitative estimate of drug-likeness (QED) is 0.834. The topological polar surface area (TPSA) is 66.3 Å². The second kappa shape index (κ2) is 3.77. The van der Waals surface area contributed by atoms with Crippen LogP contribution in [0.25, 0.3) is 0 Å². The van der Waals surface area contributed by atoms with Crippen LogP contribution in [0.2, 0.25) is 0 Å². The summed E-state index contributed by atoms with van der Waals surface area (Å²) in [5.41, 5.74) is 0. The highest BCUT2D eigenvalue weighted by atomic mass is 32.1. The number of aryl methyl sites for hydroxylation is 1. The van der Waals surface area contributed by atoms with Crippen LogP contribution in [0, 0.1) is 18.8 Å². The molecule has 0 aromatic carbocycles. The van der Waals surface area contributed by atoms with Gasteiger partial charge in [-0.05, 0) is 6.92 Å². The van der Waals surface area contributed by atoms with E-state index in [4.69, 9.17) is 5.11 Å². The highest BCUT2D eigenvalue weighted by molar-refractivity contribution is 7.09. The fourth-order valence-electron chi connectivity index (χ4n) is 1.60. The molecule has 5 nitrogen and oxygen atoms in total. The van der Waals surface area contributed by atoms with E-state index < -0.39 is 5.97 Å². The molecule has 1 fully saturated rings. The van der Waals surface area contributed by atoms with Gasteiger partial charge in [0, 0.05) is 30.5 Å². The molecule has 2 rings (SSSR count). The molecule has 82 valence electrons. The van der Waals surface area contributed by atoms with E-state index in [-0.39, 0.29) is 11.8 Å². The van der Waals surface area contributed by atoms with Gasteiger partial charge in [-0.1, -0.05) is 6.92 Å². The second-order valence-electron chi connectivity index (χ2n) is 3.92. The van der Waals surface area contributed by atoms with Crippen LogP contribution in [-0.2, 0) is 4.79 Å². The van der Waals surface area contributed by atoms with E-state index in [0.717, 1.165) is 24.0 Å². The van der Waals surface area contributed by atoms with E-state index in [0.29, 0.717) is 0 Å². The molecule has 1 aliphatic heterocycles. The van der Waals surface area contributed by atoms with Crippen LogP contribution in [-0.4, -0.2) is 33.5 Å². The molecule has 1 aromatic rings. The van der Waals surface area contributed by atoms with Crippen molar-refractivity contribution in [2.24, 2.45) is 11.8 Å². The van der Waals surface area contributed by atoms with Gasteiger partial charge in [0.15, 0.2) is 0 Å². The third kappa shape index (κ3) is 1.94. The van der Waals surface area contributed by atoms with Gasteiger partial charge in [-0.15, -0.1) is 0 Å². The van der Waals surface area contributed by atoms with Crippen LogP contribution in [0.3, 0.4) is 0 Å². The van der Waals surface area contributed by atoms with Gasteiger partial charge in [0.05, 0.1) is 5.92 Å². The average Bonchev–Trinajstić information content (AvgIpc) is 2.49. The third-order valence-corrected chi connectivity index (χ3v) is 3.66. The first-order valence-corrected chi connectivity index (χ1v) is 5.63. The molecule has 1 N–H and O–H groups in total. The van der Waals surface area contributed by atoms with Gasteiger partial charge in [-0.2, -0.15) is 4.37 Å². The van der Waals surface area contributed by atoms with Gasteiger partial charge in [0.1, 0.15) is 5.82 Å². The van der Waals surface area contributed by atoms with Crippen molar-refractivity contribution in [3.05, 3.63) is 5.82 Å². The predicted molar refractivity (Wildman–Crippen MR) is 57.1 cm³/mol. The standard InChI is InChI=1S/C9H13N3O2S/c1-5(8(13)14)7-3-12(4-7)9-10-6(2)11-15-9/h5,7H,3-4H2,1-2H3,(H,13,14). The maximum atomic E-state index is 10.7. The van der Waals surface area contributed by atoms with Gasteiger partial charge in [-0.3, -0.25) is 4.79 Å². The van der Waals surface area contributed by atoms with Gasteiger partial charge in [-0.25, -0.2) is 4.98 Å². The molecule has 6 heteroatoms. The Bertz CT molecular complexity index is 373. The Morgan fingerprint density at radius 2 is 2.33 bits per heavy atom. The fraction of sp³-hybridized carbons (Fsp3) is 0.667. The van der Waals surface area contributed by atoms with E-state index >= 15 is 0 Å². The third-order valence-electron chi connectivity index (χ3n) is 2.79. The number of carboxylic acids is 1. The molecular formula is C9H13N3O2S. The van der Waals surface area contributed by atoms with Crippen molar-refractivity contribution in [2.75, 3.05) is 18.0 Å². The predicted octanol–water partition coefficient (Wildman–Crippen LogP) is 1.00. The van der Waals surface area contributed by atoms with Crippen molar-refractivity contribution in [2.45, 2.75) is 13.8 Å². The van der Waals surface area contributed by atoms with Crippen LogP contribution in [0.15, 0.2) is 0 Å². The monoisotopic (exact) mass is 227 g/mol. The minimum absolute atomic E-state index is 0.242. The smallest absolute Gasteiger partial charge is 0.306 e. The Morgan fingerprint density at radius 3 is 2.80 bits per heavy atom. The van der Waals surface area contributed by atoms with Crippen LogP contribution < -0.4 is 4.90 Å². The van der Waals surface area contributed by atoms with Crippen molar-refractivity contribution in [3.8, 4) is 0 Å². The lowest BCUT2D eigenvalue weighted by molar-refractivity contribution is -0.143. The number of anilines is 1. The van der Waals surface area contributed by atoms with Crippen molar-refractivity contribution in [1.29, 1.82) is 0 Å². The van der Waals surface area contributed by atoms with Crippen LogP contribution in [0.5, 0.6) is 0 Å². The number of hydrogen-bond acceptors (Lipinski definition) is 5. The largest absolute Gasteiger partial charge is 0.481 e. The Morgan fingerprint density at radius 1 is 1.67 bits per heavy atom. The molecule has 1 unspecified atom stereocenters. The summed E-state index contributed by atoms with van der Waals surface area (Å²) in [6.07, 6.45) is 0. The minimum Gasteiger partial charge on any atom is -0.481 e. The van der Waals surface area contributed by atoms with Crippen molar-refractivity contribution in [1.82, 2.24) is 9.36 Å². The zero-order valence-electron chi connectivity index (χ0n) is 8.67. The first-order chi connectivity index (χ1) is 7.08. The van der Waals surface area contributed by atoms with E-state index in [1.165, 1.54) is 11.5 Å². The summed E-state index contributed by atoms with van der Waals surface area (Å²) in [7, 11) is 0.